The van der Waals surface area contributed by atoms with Crippen LogP contribution in [0.4, 0.5) is 13.2 Å². The number of benzene rings is 1. The first-order chi connectivity index (χ1) is 13.9. The fraction of sp³-hybridized carbons (Fsp3) is 0.583. The van der Waals surface area contributed by atoms with Crippen LogP contribution in [0.3, 0.4) is 0 Å². The van der Waals surface area contributed by atoms with Crippen molar-refractivity contribution >= 4 is 0 Å². The van der Waals surface area contributed by atoms with E-state index in [2.05, 4.69) is 31.4 Å². The van der Waals surface area contributed by atoms with Gasteiger partial charge in [-0.3, -0.25) is 0 Å². The minimum atomic E-state index is -4.33. The predicted molar refractivity (Wildman–Crippen MR) is 107 cm³/mol. The second-order valence-electron chi connectivity index (χ2n) is 8.02. The summed E-state index contributed by atoms with van der Waals surface area (Å²) in [5.74, 6) is 7.73. The van der Waals surface area contributed by atoms with Crippen molar-refractivity contribution in [1.29, 1.82) is 0 Å². The lowest BCUT2D eigenvalue weighted by molar-refractivity contribution is -0.138. The molecule has 1 aromatic carbocycles. The second-order valence-corrected chi connectivity index (χ2v) is 8.02. The van der Waals surface area contributed by atoms with Gasteiger partial charge in [-0.2, -0.15) is 13.2 Å². The molecule has 0 bridgehead atoms. The molecule has 29 heavy (non-hydrogen) atoms. The molecule has 1 aliphatic carbocycles. The van der Waals surface area contributed by atoms with Gasteiger partial charge in [0.25, 0.3) is 0 Å². The number of hydrogen-bond donors (Lipinski definition) is 0. The fourth-order valence-electron chi connectivity index (χ4n) is 4.42. The van der Waals surface area contributed by atoms with Crippen LogP contribution in [0.25, 0.3) is 0 Å². The van der Waals surface area contributed by atoms with Crippen molar-refractivity contribution in [2.45, 2.75) is 57.4 Å². The zero-order chi connectivity index (χ0) is 20.9. The largest absolute Gasteiger partial charge is 0.416 e. The van der Waals surface area contributed by atoms with E-state index in [0.717, 1.165) is 37.3 Å². The van der Waals surface area contributed by atoms with Crippen LogP contribution < -0.4 is 0 Å². The Morgan fingerprint density at radius 2 is 1.79 bits per heavy atom. The van der Waals surface area contributed by atoms with Crippen molar-refractivity contribution < 1.29 is 22.6 Å². The van der Waals surface area contributed by atoms with E-state index in [1.54, 1.807) is 0 Å². The number of halogens is 3. The van der Waals surface area contributed by atoms with E-state index >= 15 is 0 Å². The van der Waals surface area contributed by atoms with Gasteiger partial charge in [-0.05, 0) is 74.1 Å². The zero-order valence-corrected chi connectivity index (χ0v) is 16.9. The molecule has 0 aromatic heterocycles. The quantitative estimate of drug-likeness (QED) is 0.461. The zero-order valence-electron chi connectivity index (χ0n) is 16.9. The first-order valence-electron chi connectivity index (χ1n) is 10.4. The van der Waals surface area contributed by atoms with Crippen molar-refractivity contribution in [3.63, 3.8) is 0 Å². The van der Waals surface area contributed by atoms with Gasteiger partial charge < -0.3 is 9.47 Å². The molecule has 1 saturated heterocycles. The van der Waals surface area contributed by atoms with Crippen molar-refractivity contribution in [1.82, 2.24) is 0 Å². The van der Waals surface area contributed by atoms with Gasteiger partial charge in [0.05, 0.1) is 24.9 Å². The van der Waals surface area contributed by atoms with E-state index in [1.165, 1.54) is 25.0 Å². The molecule has 1 heterocycles. The Morgan fingerprint density at radius 3 is 2.31 bits per heavy atom. The van der Waals surface area contributed by atoms with Crippen LogP contribution in [0, 0.1) is 29.6 Å². The van der Waals surface area contributed by atoms with Gasteiger partial charge >= 0.3 is 6.18 Å². The van der Waals surface area contributed by atoms with E-state index in [9.17, 15) is 13.2 Å². The minimum Gasteiger partial charge on any atom is -0.372 e. The van der Waals surface area contributed by atoms with Crippen LogP contribution in [-0.4, -0.2) is 25.4 Å². The van der Waals surface area contributed by atoms with Crippen LogP contribution in [0.5, 0.6) is 0 Å². The fourth-order valence-corrected chi connectivity index (χ4v) is 4.42. The highest BCUT2D eigenvalue weighted by atomic mass is 19.4. The monoisotopic (exact) mass is 406 g/mol. The third-order valence-electron chi connectivity index (χ3n) is 6.24. The molecule has 1 aliphatic heterocycles. The molecule has 1 saturated carbocycles. The van der Waals surface area contributed by atoms with Gasteiger partial charge in [0.1, 0.15) is 6.10 Å². The molecule has 0 spiro atoms. The van der Waals surface area contributed by atoms with E-state index in [4.69, 9.17) is 9.47 Å². The topological polar surface area (TPSA) is 18.5 Å². The smallest absolute Gasteiger partial charge is 0.372 e. The van der Waals surface area contributed by atoms with E-state index in [-0.39, 0.29) is 12.2 Å². The maximum absolute atomic E-state index is 12.6. The normalized spacial score (nSPS) is 28.8. The molecule has 0 radical (unpaired) electrons. The Bertz CT molecular complexity index is 713. The van der Waals surface area contributed by atoms with Crippen LogP contribution >= 0.6 is 0 Å². The van der Waals surface area contributed by atoms with Crippen molar-refractivity contribution in [3.8, 4) is 11.8 Å². The summed E-state index contributed by atoms with van der Waals surface area (Å²) in [6.07, 6.45) is 3.45. The van der Waals surface area contributed by atoms with Crippen molar-refractivity contribution in [3.05, 3.63) is 48.0 Å². The number of alkyl halides is 3. The van der Waals surface area contributed by atoms with Gasteiger partial charge in [0.2, 0.25) is 0 Å². The van der Waals surface area contributed by atoms with E-state index < -0.39 is 11.7 Å². The number of hydrogen-bond acceptors (Lipinski definition) is 2. The number of ether oxygens (including phenoxy) is 2. The molecule has 2 nitrogen and oxygen atoms in total. The molecule has 2 aliphatic rings. The summed E-state index contributed by atoms with van der Waals surface area (Å²) in [5.41, 5.74) is -0.133. The van der Waals surface area contributed by atoms with Crippen molar-refractivity contribution in [2.75, 3.05) is 13.2 Å². The SMILES string of the molecule is C=CC(CC)C1CCC(C2COC(C#Cc3ccc(C(F)(F)F)cc3)CO2)CC1. The van der Waals surface area contributed by atoms with Gasteiger partial charge in [0.15, 0.2) is 0 Å². The second kappa shape index (κ2) is 9.82. The highest BCUT2D eigenvalue weighted by molar-refractivity contribution is 5.37. The van der Waals surface area contributed by atoms with Crippen LogP contribution in [0.1, 0.15) is 50.2 Å². The number of rotatable bonds is 4. The Morgan fingerprint density at radius 1 is 1.10 bits per heavy atom. The summed E-state index contributed by atoms with van der Waals surface area (Å²) < 4.78 is 49.7. The van der Waals surface area contributed by atoms with Gasteiger partial charge in [-0.25, -0.2) is 0 Å². The molecule has 2 fully saturated rings. The third kappa shape index (κ3) is 5.87. The molecular weight excluding hydrogens is 377 g/mol. The van der Waals surface area contributed by atoms with Crippen LogP contribution in [0.15, 0.2) is 36.9 Å². The number of allylic oxidation sites excluding steroid dienone is 1. The highest BCUT2D eigenvalue weighted by Gasteiger charge is 2.33. The summed E-state index contributed by atoms with van der Waals surface area (Å²) in [6, 6.07) is 4.86. The molecule has 3 rings (SSSR count). The molecule has 5 heteroatoms. The van der Waals surface area contributed by atoms with E-state index in [0.29, 0.717) is 30.6 Å². The van der Waals surface area contributed by atoms with E-state index in [1.807, 2.05) is 0 Å². The molecule has 3 atom stereocenters. The maximum atomic E-state index is 12.6. The summed E-state index contributed by atoms with van der Waals surface area (Å²) in [6.45, 7) is 7.13. The summed E-state index contributed by atoms with van der Waals surface area (Å²) in [7, 11) is 0. The molecule has 0 amide bonds. The lowest BCUT2D eigenvalue weighted by Crippen LogP contribution is -2.41. The molecule has 1 aromatic rings. The predicted octanol–water partition coefficient (Wildman–Crippen LogP) is 5.86. The maximum Gasteiger partial charge on any atom is 0.416 e. The van der Waals surface area contributed by atoms with Gasteiger partial charge in [0, 0.05) is 5.56 Å². The molecule has 158 valence electrons. The molecule has 0 N–H and O–H groups in total. The Hall–Kier alpha value is -1.77. The average molecular weight is 406 g/mol. The first kappa shape index (κ1) is 21.9. The Labute approximate surface area is 171 Å². The van der Waals surface area contributed by atoms with Crippen LogP contribution in [-0.2, 0) is 15.7 Å². The molecule has 3 unspecified atom stereocenters. The lowest BCUT2D eigenvalue weighted by Gasteiger charge is -2.38. The summed E-state index contributed by atoms with van der Waals surface area (Å²) >= 11 is 0. The lowest BCUT2D eigenvalue weighted by atomic mass is 9.73. The summed E-state index contributed by atoms with van der Waals surface area (Å²) in [5, 5.41) is 0. The van der Waals surface area contributed by atoms with Gasteiger partial charge in [-0.1, -0.05) is 24.8 Å². The molecular formula is C24H29F3O2. The third-order valence-corrected chi connectivity index (χ3v) is 6.24. The highest BCUT2D eigenvalue weighted by Crippen LogP contribution is 2.38. The van der Waals surface area contributed by atoms with Crippen molar-refractivity contribution in [2.24, 2.45) is 17.8 Å². The minimum absolute atomic E-state index is 0.115. The average Bonchev–Trinajstić information content (AvgIpc) is 2.74. The summed E-state index contributed by atoms with van der Waals surface area (Å²) in [4.78, 5) is 0. The Balaban J connectivity index is 1.46. The Kier molecular flexibility index (Phi) is 7.43. The first-order valence-corrected chi connectivity index (χ1v) is 10.4. The van der Waals surface area contributed by atoms with Crippen LogP contribution in [0.2, 0.25) is 0 Å². The van der Waals surface area contributed by atoms with Gasteiger partial charge in [-0.15, -0.1) is 6.58 Å². The standard InChI is InChI=1S/C24H29F3O2/c1-3-18(4-2)19-8-10-20(11-9-19)23-16-28-22(15-29-23)14-7-17-5-12-21(13-6-17)24(25,26)27/h3,5-6,12-13,18-20,22-23H,1,4,8-11,15-16H2,2H3.